The lowest BCUT2D eigenvalue weighted by Crippen LogP contribution is -2.33. The first-order chi connectivity index (χ1) is 8.04. The maximum Gasteiger partial charge on any atom is 0.308 e. The lowest BCUT2D eigenvalue weighted by molar-refractivity contribution is -0.141. The molecule has 0 bridgehead atoms. The summed E-state index contributed by atoms with van der Waals surface area (Å²) in [7, 11) is 0. The smallest absolute Gasteiger partial charge is 0.308 e. The molecule has 0 saturated carbocycles. The van der Waals surface area contributed by atoms with Gasteiger partial charge in [-0.15, -0.1) is 0 Å². The van der Waals surface area contributed by atoms with Crippen molar-refractivity contribution in [2.75, 3.05) is 6.54 Å². The zero-order chi connectivity index (χ0) is 12.8. The van der Waals surface area contributed by atoms with Gasteiger partial charge in [0.2, 0.25) is 5.56 Å². The molecule has 17 heavy (non-hydrogen) atoms. The molecule has 0 aromatic carbocycles. The number of aliphatic carboxylic acids is 1. The van der Waals surface area contributed by atoms with Crippen LogP contribution in [0.15, 0.2) is 23.1 Å². The Labute approximate surface area is 97.7 Å². The van der Waals surface area contributed by atoms with Crippen molar-refractivity contribution in [3.8, 4) is 0 Å². The van der Waals surface area contributed by atoms with E-state index in [1.165, 1.54) is 12.3 Å². The molecule has 1 heterocycles. The summed E-state index contributed by atoms with van der Waals surface area (Å²) in [5.41, 5.74) is -0.156. The van der Waals surface area contributed by atoms with E-state index in [4.69, 9.17) is 5.11 Å². The molecule has 1 aromatic rings. The first-order valence-corrected chi connectivity index (χ1v) is 5.24. The Bertz CT molecular complexity index is 467. The van der Waals surface area contributed by atoms with E-state index in [0.717, 1.165) is 6.07 Å². The van der Waals surface area contributed by atoms with Crippen LogP contribution in [0.2, 0.25) is 0 Å². The Kier molecular flexibility index (Phi) is 4.45. The zero-order valence-corrected chi connectivity index (χ0v) is 9.40. The van der Waals surface area contributed by atoms with Gasteiger partial charge in [-0.3, -0.25) is 14.4 Å². The molecule has 1 amide bonds. The normalized spacial score (nSPS) is 11.8. The second-order valence-corrected chi connectivity index (χ2v) is 3.60. The van der Waals surface area contributed by atoms with Gasteiger partial charge in [-0.25, -0.2) is 0 Å². The first-order valence-electron chi connectivity index (χ1n) is 5.24. The van der Waals surface area contributed by atoms with Crippen molar-refractivity contribution >= 4 is 11.9 Å². The third kappa shape index (κ3) is 3.75. The fourth-order valence-corrected chi connectivity index (χ4v) is 1.31. The van der Waals surface area contributed by atoms with E-state index in [1.807, 2.05) is 0 Å². The highest BCUT2D eigenvalue weighted by molar-refractivity contribution is 5.94. The summed E-state index contributed by atoms with van der Waals surface area (Å²) in [4.78, 5) is 35.7. The molecule has 92 valence electrons. The average Bonchev–Trinajstić information content (AvgIpc) is 2.29. The van der Waals surface area contributed by atoms with Crippen LogP contribution in [0.1, 0.15) is 23.7 Å². The molecular weight excluding hydrogens is 224 g/mol. The number of aromatic amines is 1. The lowest BCUT2D eigenvalue weighted by atomic mass is 10.1. The van der Waals surface area contributed by atoms with Crippen LogP contribution in [0.25, 0.3) is 0 Å². The van der Waals surface area contributed by atoms with Gasteiger partial charge in [-0.05, 0) is 12.5 Å². The Morgan fingerprint density at radius 1 is 1.53 bits per heavy atom. The van der Waals surface area contributed by atoms with Crippen LogP contribution in [0.5, 0.6) is 0 Å². The molecule has 0 fully saturated rings. The van der Waals surface area contributed by atoms with Crippen LogP contribution in [0, 0.1) is 5.92 Å². The molecule has 1 atom stereocenters. The molecule has 0 aliphatic carbocycles. The highest BCUT2D eigenvalue weighted by Crippen LogP contribution is 2.01. The number of hydrogen-bond acceptors (Lipinski definition) is 3. The lowest BCUT2D eigenvalue weighted by Gasteiger charge is -2.10. The van der Waals surface area contributed by atoms with Crippen molar-refractivity contribution < 1.29 is 14.7 Å². The summed E-state index contributed by atoms with van der Waals surface area (Å²) in [6.07, 6.45) is 1.80. The fraction of sp³-hybridized carbons (Fsp3) is 0.364. The van der Waals surface area contributed by atoms with Crippen LogP contribution >= 0.6 is 0 Å². The SMILES string of the molecule is CCC(CNC(=O)c1cc[nH]c(=O)c1)C(=O)O. The fourth-order valence-electron chi connectivity index (χ4n) is 1.31. The third-order valence-corrected chi connectivity index (χ3v) is 2.39. The van der Waals surface area contributed by atoms with Crippen molar-refractivity contribution in [3.05, 3.63) is 34.2 Å². The summed E-state index contributed by atoms with van der Waals surface area (Å²) in [5.74, 6) is -2.00. The Morgan fingerprint density at radius 2 is 2.24 bits per heavy atom. The number of rotatable bonds is 5. The third-order valence-electron chi connectivity index (χ3n) is 2.39. The van der Waals surface area contributed by atoms with E-state index >= 15 is 0 Å². The number of aromatic nitrogens is 1. The van der Waals surface area contributed by atoms with Crippen LogP contribution < -0.4 is 10.9 Å². The van der Waals surface area contributed by atoms with Crippen LogP contribution in [-0.2, 0) is 4.79 Å². The highest BCUT2D eigenvalue weighted by atomic mass is 16.4. The highest BCUT2D eigenvalue weighted by Gasteiger charge is 2.16. The number of carboxylic acids is 1. The number of hydrogen-bond donors (Lipinski definition) is 3. The average molecular weight is 238 g/mol. The molecule has 0 aliphatic rings. The van der Waals surface area contributed by atoms with Gasteiger partial charge in [-0.1, -0.05) is 6.92 Å². The van der Waals surface area contributed by atoms with Crippen molar-refractivity contribution in [3.63, 3.8) is 0 Å². The van der Waals surface area contributed by atoms with E-state index in [0.29, 0.717) is 6.42 Å². The molecule has 6 heteroatoms. The molecule has 1 rings (SSSR count). The summed E-state index contributed by atoms with van der Waals surface area (Å²) in [5, 5.41) is 11.3. The van der Waals surface area contributed by atoms with Gasteiger partial charge < -0.3 is 15.4 Å². The van der Waals surface area contributed by atoms with Gasteiger partial charge in [-0.2, -0.15) is 0 Å². The van der Waals surface area contributed by atoms with Gasteiger partial charge in [0.05, 0.1) is 5.92 Å². The number of nitrogens with one attached hydrogen (secondary N) is 2. The number of carboxylic acid groups (broad SMARTS) is 1. The van der Waals surface area contributed by atoms with Crippen molar-refractivity contribution in [2.45, 2.75) is 13.3 Å². The summed E-state index contributed by atoms with van der Waals surface area (Å²) >= 11 is 0. The Hall–Kier alpha value is -2.11. The predicted molar refractivity (Wildman–Crippen MR) is 60.8 cm³/mol. The molecule has 0 aliphatic heterocycles. The van der Waals surface area contributed by atoms with E-state index in [2.05, 4.69) is 10.3 Å². The van der Waals surface area contributed by atoms with Gasteiger partial charge in [0.1, 0.15) is 0 Å². The number of pyridine rings is 1. The quantitative estimate of drug-likeness (QED) is 0.683. The number of amides is 1. The van der Waals surface area contributed by atoms with E-state index in [9.17, 15) is 14.4 Å². The predicted octanol–water partition coefficient (Wildman–Crippen LogP) is 0.215. The second kappa shape index (κ2) is 5.83. The maximum absolute atomic E-state index is 11.6. The Balaban J connectivity index is 2.61. The second-order valence-electron chi connectivity index (χ2n) is 3.60. The summed E-state index contributed by atoms with van der Waals surface area (Å²) in [6.45, 7) is 1.79. The largest absolute Gasteiger partial charge is 0.481 e. The Morgan fingerprint density at radius 3 is 2.76 bits per heavy atom. The van der Waals surface area contributed by atoms with Crippen LogP contribution in [-0.4, -0.2) is 28.5 Å². The molecule has 0 spiro atoms. The molecule has 1 unspecified atom stereocenters. The van der Waals surface area contributed by atoms with Gasteiger partial charge in [0.25, 0.3) is 5.91 Å². The van der Waals surface area contributed by atoms with Gasteiger partial charge >= 0.3 is 5.97 Å². The van der Waals surface area contributed by atoms with E-state index < -0.39 is 17.8 Å². The standard InChI is InChI=1S/C11H14N2O4/c1-2-7(11(16)17)6-13-10(15)8-3-4-12-9(14)5-8/h3-5,7H,2,6H2,1H3,(H,12,14)(H,13,15)(H,16,17). The number of H-pyrrole nitrogens is 1. The van der Waals surface area contributed by atoms with Gasteiger partial charge in [0, 0.05) is 24.4 Å². The molecule has 3 N–H and O–H groups in total. The zero-order valence-electron chi connectivity index (χ0n) is 9.40. The minimum Gasteiger partial charge on any atom is -0.481 e. The van der Waals surface area contributed by atoms with Crippen molar-refractivity contribution in [1.82, 2.24) is 10.3 Å². The molecule has 0 saturated heterocycles. The number of carbonyl (C=O) groups is 2. The van der Waals surface area contributed by atoms with Crippen molar-refractivity contribution in [1.29, 1.82) is 0 Å². The summed E-state index contributed by atoms with van der Waals surface area (Å²) < 4.78 is 0. The first kappa shape index (κ1) is 13.0. The van der Waals surface area contributed by atoms with E-state index in [1.54, 1.807) is 6.92 Å². The van der Waals surface area contributed by atoms with Gasteiger partial charge in [0.15, 0.2) is 0 Å². The molecule has 1 aromatic heterocycles. The maximum atomic E-state index is 11.6. The van der Waals surface area contributed by atoms with E-state index in [-0.39, 0.29) is 17.7 Å². The topological polar surface area (TPSA) is 99.3 Å². The molecule has 6 nitrogen and oxygen atoms in total. The molecule has 0 radical (unpaired) electrons. The van der Waals surface area contributed by atoms with Crippen molar-refractivity contribution in [2.24, 2.45) is 5.92 Å². The van der Waals surface area contributed by atoms with Crippen LogP contribution in [0.4, 0.5) is 0 Å². The number of carbonyl (C=O) groups excluding carboxylic acids is 1. The monoisotopic (exact) mass is 238 g/mol. The summed E-state index contributed by atoms with van der Waals surface area (Å²) in [6, 6.07) is 2.62. The minimum absolute atomic E-state index is 0.0530. The molecular formula is C11H14N2O4. The van der Waals surface area contributed by atoms with Crippen LogP contribution in [0.3, 0.4) is 0 Å². The minimum atomic E-state index is -0.946.